The number of rotatable bonds is 11. The SMILES string of the molecule is CCOC(=O)C1=C(C)NC(COCCN)=C(C(=O)OCC)C1c1ccccc1Cl.O=C(O)C=CC(=O)O. The van der Waals surface area contributed by atoms with Crippen LogP contribution in [-0.2, 0) is 33.4 Å². The smallest absolute Gasteiger partial charge is 0.336 e. The van der Waals surface area contributed by atoms with Crippen molar-refractivity contribution in [1.82, 2.24) is 5.32 Å². The number of carbonyl (C=O) groups excluding carboxylic acids is 2. The molecule has 0 aromatic heterocycles. The van der Waals surface area contributed by atoms with E-state index in [9.17, 15) is 19.2 Å². The van der Waals surface area contributed by atoms with Crippen molar-refractivity contribution in [2.75, 3.05) is 33.0 Å². The molecule has 202 valence electrons. The van der Waals surface area contributed by atoms with Crippen molar-refractivity contribution in [2.24, 2.45) is 5.73 Å². The van der Waals surface area contributed by atoms with E-state index in [1.54, 1.807) is 45.0 Å². The summed E-state index contributed by atoms with van der Waals surface area (Å²) < 4.78 is 16.1. The van der Waals surface area contributed by atoms with Crippen LogP contribution in [0.15, 0.2) is 59.0 Å². The third-order valence-electron chi connectivity index (χ3n) is 4.73. The van der Waals surface area contributed by atoms with Gasteiger partial charge in [-0.2, -0.15) is 0 Å². The Morgan fingerprint density at radius 2 is 1.54 bits per heavy atom. The van der Waals surface area contributed by atoms with Gasteiger partial charge in [0.15, 0.2) is 0 Å². The van der Waals surface area contributed by atoms with E-state index in [2.05, 4.69) is 5.32 Å². The molecule has 1 aromatic carbocycles. The predicted octanol–water partition coefficient (Wildman–Crippen LogP) is 2.37. The Labute approximate surface area is 219 Å². The highest BCUT2D eigenvalue weighted by atomic mass is 35.5. The number of carboxylic acids is 2. The number of hydrogen-bond acceptors (Lipinski definition) is 9. The van der Waals surface area contributed by atoms with Crippen LogP contribution in [0.3, 0.4) is 0 Å². The zero-order valence-electron chi connectivity index (χ0n) is 20.8. The van der Waals surface area contributed by atoms with Gasteiger partial charge in [0.25, 0.3) is 0 Å². The van der Waals surface area contributed by atoms with Crippen LogP contribution in [0.4, 0.5) is 0 Å². The third kappa shape index (κ3) is 9.71. The highest BCUT2D eigenvalue weighted by Crippen LogP contribution is 2.41. The average Bonchev–Trinajstić information content (AvgIpc) is 2.83. The van der Waals surface area contributed by atoms with Gasteiger partial charge in [-0.3, -0.25) is 0 Å². The van der Waals surface area contributed by atoms with Crippen LogP contribution >= 0.6 is 11.6 Å². The number of carboxylic acid groups (broad SMARTS) is 2. The summed E-state index contributed by atoms with van der Waals surface area (Å²) >= 11 is 6.46. The molecule has 0 radical (unpaired) electrons. The fourth-order valence-electron chi connectivity index (χ4n) is 3.36. The Balaban J connectivity index is 0.000000738. The van der Waals surface area contributed by atoms with E-state index in [1.165, 1.54) is 0 Å². The molecule has 11 nitrogen and oxygen atoms in total. The molecule has 1 atom stereocenters. The van der Waals surface area contributed by atoms with Gasteiger partial charge in [0.2, 0.25) is 0 Å². The Hall–Kier alpha value is -3.67. The highest BCUT2D eigenvalue weighted by molar-refractivity contribution is 6.31. The standard InChI is InChI=1S/C21H27ClN2O5.C4H4O4/c1-4-28-20(25)17-13(3)24-16(12-27-11-10-23)19(21(26)29-5-2)18(17)14-8-6-7-9-15(14)22;5-3(6)1-2-4(7)8/h6-9,18,24H,4-5,10-12,23H2,1-3H3;1-2H,(H,5,6)(H,7,8). The predicted molar refractivity (Wildman–Crippen MR) is 135 cm³/mol. The van der Waals surface area contributed by atoms with Gasteiger partial charge in [0.1, 0.15) is 0 Å². The van der Waals surface area contributed by atoms with Crippen LogP contribution in [0, 0.1) is 0 Å². The molecular formula is C25H31ClN2O9. The second-order valence-electron chi connectivity index (χ2n) is 7.30. The summed E-state index contributed by atoms with van der Waals surface area (Å²) in [6.07, 6.45) is 1.12. The largest absolute Gasteiger partial charge is 0.478 e. The molecule has 2 rings (SSSR count). The van der Waals surface area contributed by atoms with Crippen molar-refractivity contribution in [3.8, 4) is 0 Å². The van der Waals surface area contributed by atoms with E-state index in [0.29, 0.717) is 52.9 Å². The number of benzene rings is 1. The summed E-state index contributed by atoms with van der Waals surface area (Å²) in [6, 6.07) is 7.08. The number of dihydropyridines is 1. The lowest BCUT2D eigenvalue weighted by Crippen LogP contribution is -2.35. The van der Waals surface area contributed by atoms with Crippen molar-refractivity contribution >= 4 is 35.5 Å². The lowest BCUT2D eigenvalue weighted by atomic mass is 9.80. The lowest BCUT2D eigenvalue weighted by Gasteiger charge is -2.31. The maximum Gasteiger partial charge on any atom is 0.336 e. The van der Waals surface area contributed by atoms with Gasteiger partial charge < -0.3 is 35.5 Å². The van der Waals surface area contributed by atoms with Gasteiger partial charge in [0.05, 0.1) is 49.2 Å². The molecule has 0 amide bonds. The Bertz CT molecular complexity index is 1060. The minimum Gasteiger partial charge on any atom is -0.478 e. The minimum atomic E-state index is -1.26. The zero-order valence-corrected chi connectivity index (χ0v) is 21.5. The summed E-state index contributed by atoms with van der Waals surface area (Å²) in [5.41, 5.74) is 7.76. The molecular weight excluding hydrogens is 508 g/mol. The Morgan fingerprint density at radius 1 is 1.00 bits per heavy atom. The van der Waals surface area contributed by atoms with Crippen LogP contribution < -0.4 is 11.1 Å². The number of ether oxygens (including phenoxy) is 3. The van der Waals surface area contributed by atoms with Crippen LogP contribution in [0.25, 0.3) is 0 Å². The quantitative estimate of drug-likeness (QED) is 0.185. The van der Waals surface area contributed by atoms with Crippen LogP contribution in [-0.4, -0.2) is 67.1 Å². The molecule has 0 bridgehead atoms. The Morgan fingerprint density at radius 3 is 2.03 bits per heavy atom. The molecule has 1 unspecified atom stereocenters. The van der Waals surface area contributed by atoms with Gasteiger partial charge in [0, 0.05) is 29.4 Å². The molecule has 0 saturated heterocycles. The number of nitrogens with one attached hydrogen (secondary N) is 1. The van der Waals surface area contributed by atoms with E-state index >= 15 is 0 Å². The normalized spacial score (nSPS) is 15.0. The molecule has 0 saturated carbocycles. The van der Waals surface area contributed by atoms with E-state index < -0.39 is 29.8 Å². The number of esters is 2. The van der Waals surface area contributed by atoms with Crippen molar-refractivity contribution in [1.29, 1.82) is 0 Å². The lowest BCUT2D eigenvalue weighted by molar-refractivity contribution is -0.140. The summed E-state index contributed by atoms with van der Waals surface area (Å²) in [5.74, 6) is -4.34. The molecule has 1 heterocycles. The van der Waals surface area contributed by atoms with Gasteiger partial charge in [-0.15, -0.1) is 0 Å². The first-order valence-corrected chi connectivity index (χ1v) is 11.7. The molecule has 0 fully saturated rings. The first-order chi connectivity index (χ1) is 17.6. The van der Waals surface area contributed by atoms with Crippen LogP contribution in [0.1, 0.15) is 32.3 Å². The fraction of sp³-hybridized carbons (Fsp3) is 0.360. The number of hydrogen-bond donors (Lipinski definition) is 4. The molecule has 1 aromatic rings. The van der Waals surface area contributed by atoms with Crippen molar-refractivity contribution < 1.29 is 43.6 Å². The van der Waals surface area contributed by atoms with E-state index in [4.69, 9.17) is 41.8 Å². The van der Waals surface area contributed by atoms with Crippen molar-refractivity contribution in [3.63, 3.8) is 0 Å². The first-order valence-electron chi connectivity index (χ1n) is 11.3. The summed E-state index contributed by atoms with van der Waals surface area (Å²) in [6.45, 7) is 6.37. The Kier molecular flexibility index (Phi) is 13.7. The van der Waals surface area contributed by atoms with Gasteiger partial charge in [-0.05, 0) is 32.4 Å². The molecule has 1 aliphatic rings. The maximum absolute atomic E-state index is 13.0. The number of aliphatic carboxylic acids is 2. The third-order valence-corrected chi connectivity index (χ3v) is 5.07. The first kappa shape index (κ1) is 31.4. The second-order valence-corrected chi connectivity index (χ2v) is 7.71. The number of halogens is 1. The van der Waals surface area contributed by atoms with Crippen molar-refractivity contribution in [3.05, 3.63) is 69.5 Å². The van der Waals surface area contributed by atoms with Gasteiger partial charge >= 0.3 is 23.9 Å². The van der Waals surface area contributed by atoms with Crippen LogP contribution in [0.2, 0.25) is 5.02 Å². The summed E-state index contributed by atoms with van der Waals surface area (Å²) in [5, 5.41) is 19.2. The minimum absolute atomic E-state index is 0.111. The van der Waals surface area contributed by atoms with Crippen molar-refractivity contribution in [2.45, 2.75) is 26.7 Å². The molecule has 0 aliphatic carbocycles. The zero-order chi connectivity index (χ0) is 28.0. The number of nitrogens with two attached hydrogens (primary N) is 1. The van der Waals surface area contributed by atoms with Gasteiger partial charge in [-0.25, -0.2) is 19.2 Å². The molecule has 5 N–H and O–H groups in total. The molecule has 0 spiro atoms. The topological polar surface area (TPSA) is 174 Å². The second kappa shape index (κ2) is 16.1. The van der Waals surface area contributed by atoms with E-state index in [1.807, 2.05) is 0 Å². The average molecular weight is 539 g/mol. The fourth-order valence-corrected chi connectivity index (χ4v) is 3.60. The highest BCUT2D eigenvalue weighted by Gasteiger charge is 2.39. The maximum atomic E-state index is 13.0. The molecule has 1 aliphatic heterocycles. The monoisotopic (exact) mass is 538 g/mol. The number of carbonyl (C=O) groups is 4. The number of allylic oxidation sites excluding steroid dienone is 1. The van der Waals surface area contributed by atoms with Gasteiger partial charge in [-0.1, -0.05) is 29.8 Å². The van der Waals surface area contributed by atoms with E-state index in [0.717, 1.165) is 0 Å². The molecule has 37 heavy (non-hydrogen) atoms. The van der Waals surface area contributed by atoms with E-state index in [-0.39, 0.29) is 25.4 Å². The summed E-state index contributed by atoms with van der Waals surface area (Å²) in [4.78, 5) is 44.9. The summed E-state index contributed by atoms with van der Waals surface area (Å²) in [7, 11) is 0. The molecule has 12 heteroatoms. The van der Waals surface area contributed by atoms with Crippen LogP contribution in [0.5, 0.6) is 0 Å².